The molecule has 0 aliphatic carbocycles. The fourth-order valence-electron chi connectivity index (χ4n) is 0.259. The summed E-state index contributed by atoms with van der Waals surface area (Å²) in [6.07, 6.45) is 0. The van der Waals surface area contributed by atoms with Crippen LogP contribution in [0.3, 0.4) is 0 Å². The molecule has 52 valence electrons. The van der Waals surface area contributed by atoms with E-state index in [1.807, 2.05) is 0 Å². The van der Waals surface area contributed by atoms with Gasteiger partial charge < -0.3 is 5.32 Å². The zero-order chi connectivity index (χ0) is 5.54. The second-order valence-electron chi connectivity index (χ2n) is 1.13. The molecule has 0 heterocycles. The molecule has 1 N–H and O–H groups in total. The van der Waals surface area contributed by atoms with Gasteiger partial charge in [-0.15, -0.1) is 12.4 Å². The van der Waals surface area contributed by atoms with Crippen molar-refractivity contribution in [1.82, 2.24) is 5.32 Å². The Kier molecular flexibility index (Phi) is 17.8. The first-order valence-electron chi connectivity index (χ1n) is 2.24. The van der Waals surface area contributed by atoms with E-state index in [-0.39, 0.29) is 12.4 Å². The molecule has 0 aromatic rings. The van der Waals surface area contributed by atoms with Crippen LogP contribution >= 0.6 is 57.6 Å². The summed E-state index contributed by atoms with van der Waals surface area (Å²) in [6.45, 7) is 2.31. The van der Waals surface area contributed by atoms with Crippen LogP contribution in [0.4, 0.5) is 0 Å². The van der Waals surface area contributed by atoms with E-state index in [4.69, 9.17) is 0 Å². The first kappa shape index (κ1) is 12.4. The SMILES string of the molecule is Cl.ICCNCCI. The molecule has 0 rings (SSSR count). The van der Waals surface area contributed by atoms with Gasteiger partial charge in [0.1, 0.15) is 0 Å². The van der Waals surface area contributed by atoms with E-state index in [0.29, 0.717) is 0 Å². The lowest BCUT2D eigenvalue weighted by Gasteiger charge is -1.94. The van der Waals surface area contributed by atoms with Crippen LogP contribution in [0.25, 0.3) is 0 Å². The van der Waals surface area contributed by atoms with Crippen molar-refractivity contribution in [2.24, 2.45) is 0 Å². The first-order valence-corrected chi connectivity index (χ1v) is 5.29. The van der Waals surface area contributed by atoms with E-state index in [1.54, 1.807) is 0 Å². The number of hydrogen-bond donors (Lipinski definition) is 1. The van der Waals surface area contributed by atoms with Gasteiger partial charge in [-0.05, 0) is 0 Å². The Morgan fingerprint density at radius 1 is 1.00 bits per heavy atom. The third-order valence-corrected chi connectivity index (χ3v) is 1.62. The molecule has 0 saturated heterocycles. The standard InChI is InChI=1S/C4H9I2N.ClH/c5-1-3-7-4-2-6;/h7H,1-4H2;1H. The average Bonchev–Trinajstić information content (AvgIpc) is 1.69. The Balaban J connectivity index is 0. The monoisotopic (exact) mass is 361 g/mol. The van der Waals surface area contributed by atoms with E-state index in [9.17, 15) is 0 Å². The van der Waals surface area contributed by atoms with Crippen molar-refractivity contribution in [2.45, 2.75) is 0 Å². The molecule has 0 spiro atoms. The van der Waals surface area contributed by atoms with Crippen molar-refractivity contribution >= 4 is 57.6 Å². The van der Waals surface area contributed by atoms with Crippen LogP contribution in [0.1, 0.15) is 0 Å². The summed E-state index contributed by atoms with van der Waals surface area (Å²) in [4.78, 5) is 0. The lowest BCUT2D eigenvalue weighted by Crippen LogP contribution is -2.17. The molecule has 0 radical (unpaired) electrons. The van der Waals surface area contributed by atoms with Crippen LogP contribution in [0.2, 0.25) is 0 Å². The molecule has 0 aliphatic heterocycles. The molecule has 0 aliphatic rings. The molecule has 0 aromatic heterocycles. The summed E-state index contributed by atoms with van der Waals surface area (Å²) in [6, 6.07) is 0. The maximum atomic E-state index is 3.27. The topological polar surface area (TPSA) is 12.0 Å². The molecule has 0 aromatic carbocycles. The Morgan fingerprint density at radius 2 is 1.38 bits per heavy atom. The molecule has 0 amide bonds. The van der Waals surface area contributed by atoms with Crippen molar-refractivity contribution in [3.63, 3.8) is 0 Å². The highest BCUT2D eigenvalue weighted by Gasteiger charge is 1.78. The van der Waals surface area contributed by atoms with Gasteiger partial charge in [-0.25, -0.2) is 0 Å². The largest absolute Gasteiger partial charge is 0.315 e. The van der Waals surface area contributed by atoms with Crippen molar-refractivity contribution in [2.75, 3.05) is 21.9 Å². The van der Waals surface area contributed by atoms with Crippen molar-refractivity contribution in [1.29, 1.82) is 0 Å². The first-order chi connectivity index (χ1) is 3.41. The van der Waals surface area contributed by atoms with E-state index < -0.39 is 0 Å². The minimum absolute atomic E-state index is 0. The van der Waals surface area contributed by atoms with E-state index in [2.05, 4.69) is 50.5 Å². The van der Waals surface area contributed by atoms with Gasteiger partial charge in [-0.1, -0.05) is 45.2 Å². The van der Waals surface area contributed by atoms with Gasteiger partial charge in [0.2, 0.25) is 0 Å². The summed E-state index contributed by atoms with van der Waals surface area (Å²) < 4.78 is 2.43. The van der Waals surface area contributed by atoms with Gasteiger partial charge >= 0.3 is 0 Å². The van der Waals surface area contributed by atoms with E-state index >= 15 is 0 Å². The zero-order valence-corrected chi connectivity index (χ0v) is 9.62. The molecule has 8 heavy (non-hydrogen) atoms. The Hall–Kier alpha value is 1.71. The van der Waals surface area contributed by atoms with Gasteiger partial charge in [0.15, 0.2) is 0 Å². The highest BCUT2D eigenvalue weighted by atomic mass is 127. The summed E-state index contributed by atoms with van der Waals surface area (Å²) in [7, 11) is 0. The van der Waals surface area contributed by atoms with E-state index in [1.165, 1.54) is 8.86 Å². The van der Waals surface area contributed by atoms with Gasteiger partial charge in [0.05, 0.1) is 0 Å². The zero-order valence-electron chi connectivity index (χ0n) is 4.49. The molecule has 0 atom stereocenters. The fourth-order valence-corrected chi connectivity index (χ4v) is 1.02. The summed E-state index contributed by atoms with van der Waals surface area (Å²) in [5.41, 5.74) is 0. The number of hydrogen-bond acceptors (Lipinski definition) is 1. The number of alkyl halides is 2. The van der Waals surface area contributed by atoms with Crippen LogP contribution < -0.4 is 5.32 Å². The Morgan fingerprint density at radius 3 is 1.62 bits per heavy atom. The molecule has 0 bridgehead atoms. The molecule has 0 unspecified atom stereocenters. The predicted octanol–water partition coefficient (Wildman–Crippen LogP) is 1.87. The minimum Gasteiger partial charge on any atom is -0.315 e. The second kappa shape index (κ2) is 11.5. The quantitative estimate of drug-likeness (QED) is 0.458. The summed E-state index contributed by atoms with van der Waals surface area (Å²) in [5, 5.41) is 3.27. The van der Waals surface area contributed by atoms with Crippen molar-refractivity contribution in [3.05, 3.63) is 0 Å². The van der Waals surface area contributed by atoms with Gasteiger partial charge in [-0.3, -0.25) is 0 Å². The molecule has 1 nitrogen and oxygen atoms in total. The lowest BCUT2D eigenvalue weighted by molar-refractivity contribution is 0.785. The summed E-state index contributed by atoms with van der Waals surface area (Å²) >= 11 is 4.72. The molecule has 0 fully saturated rings. The molecular formula is C4H10ClI2N. The van der Waals surface area contributed by atoms with Crippen LogP contribution in [0, 0.1) is 0 Å². The smallest absolute Gasteiger partial charge is 0.0121 e. The Bertz CT molecular complexity index is 33.2. The third kappa shape index (κ3) is 10.6. The van der Waals surface area contributed by atoms with Crippen LogP contribution in [-0.2, 0) is 0 Å². The second-order valence-corrected chi connectivity index (χ2v) is 3.29. The predicted molar refractivity (Wildman–Crippen MR) is 57.9 cm³/mol. The highest BCUT2D eigenvalue weighted by Crippen LogP contribution is 1.78. The minimum atomic E-state index is 0. The van der Waals surface area contributed by atoms with Crippen LogP contribution in [0.15, 0.2) is 0 Å². The Labute approximate surface area is 84.1 Å². The molecule has 4 heteroatoms. The van der Waals surface area contributed by atoms with Crippen LogP contribution in [-0.4, -0.2) is 21.9 Å². The number of rotatable bonds is 4. The molecule has 0 saturated carbocycles. The maximum absolute atomic E-state index is 3.27. The van der Waals surface area contributed by atoms with E-state index in [0.717, 1.165) is 13.1 Å². The average molecular weight is 361 g/mol. The van der Waals surface area contributed by atoms with Gasteiger partial charge in [0, 0.05) is 21.9 Å². The van der Waals surface area contributed by atoms with Crippen molar-refractivity contribution in [3.8, 4) is 0 Å². The maximum Gasteiger partial charge on any atom is 0.0121 e. The van der Waals surface area contributed by atoms with Crippen molar-refractivity contribution < 1.29 is 0 Å². The van der Waals surface area contributed by atoms with Crippen LogP contribution in [0.5, 0.6) is 0 Å². The third-order valence-electron chi connectivity index (χ3n) is 0.543. The van der Waals surface area contributed by atoms with Gasteiger partial charge in [-0.2, -0.15) is 0 Å². The fraction of sp³-hybridized carbons (Fsp3) is 1.00. The number of nitrogens with one attached hydrogen (secondary N) is 1. The highest BCUT2D eigenvalue weighted by molar-refractivity contribution is 14.1. The summed E-state index contributed by atoms with van der Waals surface area (Å²) in [5.74, 6) is 0. The lowest BCUT2D eigenvalue weighted by atomic mass is 10.7. The van der Waals surface area contributed by atoms with Gasteiger partial charge in [0.25, 0.3) is 0 Å². The molecular weight excluding hydrogens is 351 g/mol. The number of halogens is 3. The normalized spacial score (nSPS) is 8.25.